The van der Waals surface area contributed by atoms with Gasteiger partial charge in [0.05, 0.1) is 14.2 Å². The Morgan fingerprint density at radius 1 is 1.29 bits per heavy atom. The van der Waals surface area contributed by atoms with Crippen molar-refractivity contribution in [2.45, 2.75) is 38.3 Å². The van der Waals surface area contributed by atoms with E-state index in [2.05, 4.69) is 0 Å². The quantitative estimate of drug-likeness (QED) is 0.904. The Balaban J connectivity index is 2.21. The van der Waals surface area contributed by atoms with Gasteiger partial charge in [-0.25, -0.2) is 0 Å². The average molecular weight is 293 g/mol. The number of methoxy groups -OCH3 is 2. The number of hydrogen-bond acceptors (Lipinski definition) is 4. The summed E-state index contributed by atoms with van der Waals surface area (Å²) in [6.45, 7) is 3.22. The Morgan fingerprint density at radius 2 is 2.00 bits per heavy atom. The number of likely N-dealkylation sites (tertiary alicyclic amines) is 1. The summed E-state index contributed by atoms with van der Waals surface area (Å²) in [5, 5.41) is 9.54. The molecule has 1 aromatic rings. The third-order valence-corrected chi connectivity index (χ3v) is 4.32. The van der Waals surface area contributed by atoms with Crippen LogP contribution in [0.5, 0.6) is 11.5 Å². The van der Waals surface area contributed by atoms with Crippen LogP contribution in [0.2, 0.25) is 0 Å². The fourth-order valence-electron chi connectivity index (χ4n) is 2.87. The third kappa shape index (κ3) is 3.13. The summed E-state index contributed by atoms with van der Waals surface area (Å²) in [5.74, 6) is 0.604. The van der Waals surface area contributed by atoms with E-state index in [4.69, 9.17) is 9.47 Å². The highest BCUT2D eigenvalue weighted by atomic mass is 16.5. The summed E-state index contributed by atoms with van der Waals surface area (Å²) in [4.78, 5) is 13.7. The molecule has 1 aliphatic rings. The van der Waals surface area contributed by atoms with Crippen LogP contribution in [-0.2, 0) is 11.3 Å². The first-order valence-electron chi connectivity index (χ1n) is 7.20. The zero-order chi connectivity index (χ0) is 15.5. The minimum atomic E-state index is -0.786. The Hall–Kier alpha value is -1.75. The van der Waals surface area contributed by atoms with Crippen LogP contribution < -0.4 is 9.47 Å². The summed E-state index contributed by atoms with van der Waals surface area (Å²) < 4.78 is 10.5. The molecular weight excluding hydrogens is 270 g/mol. The molecule has 1 aliphatic heterocycles. The van der Waals surface area contributed by atoms with Crippen LogP contribution >= 0.6 is 0 Å². The summed E-state index contributed by atoms with van der Waals surface area (Å²) in [5.41, 5.74) is 0.243. The van der Waals surface area contributed by atoms with Gasteiger partial charge in [0, 0.05) is 6.54 Å². The van der Waals surface area contributed by atoms with Crippen LogP contribution in [0.15, 0.2) is 18.2 Å². The van der Waals surface area contributed by atoms with Crippen molar-refractivity contribution in [3.63, 3.8) is 0 Å². The summed E-state index contributed by atoms with van der Waals surface area (Å²) in [7, 11) is 3.20. The maximum absolute atomic E-state index is 11.6. The summed E-state index contributed by atoms with van der Waals surface area (Å²) in [6, 6.07) is 5.73. The number of carboxylic acids is 1. The molecule has 2 rings (SSSR count). The van der Waals surface area contributed by atoms with E-state index in [0.29, 0.717) is 24.5 Å². The lowest BCUT2D eigenvalue weighted by Gasteiger charge is -2.41. The molecule has 0 amide bonds. The Morgan fingerprint density at radius 3 is 2.62 bits per heavy atom. The highest BCUT2D eigenvalue weighted by molar-refractivity contribution is 5.78. The van der Waals surface area contributed by atoms with Crippen LogP contribution in [-0.4, -0.2) is 42.3 Å². The third-order valence-electron chi connectivity index (χ3n) is 4.32. The number of piperidine rings is 1. The van der Waals surface area contributed by atoms with E-state index < -0.39 is 11.5 Å². The maximum atomic E-state index is 11.6. The molecule has 0 aromatic heterocycles. The Labute approximate surface area is 125 Å². The van der Waals surface area contributed by atoms with E-state index in [1.165, 1.54) is 0 Å². The minimum Gasteiger partial charge on any atom is -0.493 e. The first kappa shape index (κ1) is 15.6. The molecule has 0 radical (unpaired) electrons. The lowest BCUT2D eigenvalue weighted by Crippen LogP contribution is -2.54. The summed E-state index contributed by atoms with van der Waals surface area (Å²) >= 11 is 0. The molecule has 1 atom stereocenters. The van der Waals surface area contributed by atoms with E-state index >= 15 is 0 Å². The lowest BCUT2D eigenvalue weighted by molar-refractivity contribution is -0.153. The van der Waals surface area contributed by atoms with Gasteiger partial charge in [0.2, 0.25) is 0 Å². The van der Waals surface area contributed by atoms with Crippen LogP contribution in [0.4, 0.5) is 0 Å². The van der Waals surface area contributed by atoms with E-state index in [-0.39, 0.29) is 0 Å². The number of rotatable bonds is 5. The first-order chi connectivity index (χ1) is 10.0. The van der Waals surface area contributed by atoms with Crippen LogP contribution in [0.1, 0.15) is 31.7 Å². The molecule has 5 nitrogen and oxygen atoms in total. The minimum absolute atomic E-state index is 0.600. The molecular formula is C16H23NO4. The van der Waals surface area contributed by atoms with Gasteiger partial charge in [-0.3, -0.25) is 9.69 Å². The average Bonchev–Trinajstić information content (AvgIpc) is 2.49. The fourth-order valence-corrected chi connectivity index (χ4v) is 2.87. The second-order valence-electron chi connectivity index (χ2n) is 5.65. The van der Waals surface area contributed by atoms with Crippen molar-refractivity contribution in [1.82, 2.24) is 4.90 Å². The SMILES string of the molecule is COc1ccc(CN2CCCCC2(C)C(=O)O)cc1OC. The van der Waals surface area contributed by atoms with Crippen LogP contribution in [0, 0.1) is 0 Å². The van der Waals surface area contributed by atoms with Gasteiger partial charge in [-0.2, -0.15) is 0 Å². The predicted octanol–water partition coefficient (Wildman–Crippen LogP) is 2.53. The van der Waals surface area contributed by atoms with Crippen molar-refractivity contribution in [1.29, 1.82) is 0 Å². The van der Waals surface area contributed by atoms with Gasteiger partial charge in [0.15, 0.2) is 11.5 Å². The highest BCUT2D eigenvalue weighted by Crippen LogP contribution is 2.32. The zero-order valence-corrected chi connectivity index (χ0v) is 12.9. The number of nitrogens with zero attached hydrogens (tertiary/aromatic N) is 1. The predicted molar refractivity (Wildman–Crippen MR) is 79.8 cm³/mol. The number of carbonyl (C=O) groups is 1. The molecule has 0 aliphatic carbocycles. The van der Waals surface area contributed by atoms with Crippen molar-refractivity contribution in [2.75, 3.05) is 20.8 Å². The topological polar surface area (TPSA) is 59.0 Å². The molecule has 1 N–H and O–H groups in total. The van der Waals surface area contributed by atoms with Gasteiger partial charge in [-0.15, -0.1) is 0 Å². The summed E-state index contributed by atoms with van der Waals surface area (Å²) in [6.07, 6.45) is 2.69. The van der Waals surface area contributed by atoms with Gasteiger partial charge >= 0.3 is 5.97 Å². The van der Waals surface area contributed by atoms with Gasteiger partial charge in [0.1, 0.15) is 5.54 Å². The number of carboxylic acid groups (broad SMARTS) is 1. The smallest absolute Gasteiger partial charge is 0.323 e. The normalized spacial score (nSPS) is 22.8. The molecule has 1 heterocycles. The monoisotopic (exact) mass is 293 g/mol. The van der Waals surface area contributed by atoms with Gasteiger partial charge in [-0.05, 0) is 50.4 Å². The standard InChI is InChI=1S/C16H23NO4/c1-16(15(18)19)8-4-5-9-17(16)11-12-6-7-13(20-2)14(10-12)21-3/h6-7,10H,4-5,8-9,11H2,1-3H3,(H,18,19). The van der Waals surface area contributed by atoms with Crippen molar-refractivity contribution < 1.29 is 19.4 Å². The molecule has 1 fully saturated rings. The largest absolute Gasteiger partial charge is 0.493 e. The number of aliphatic carboxylic acids is 1. The van der Waals surface area contributed by atoms with Crippen molar-refractivity contribution in [2.24, 2.45) is 0 Å². The first-order valence-corrected chi connectivity index (χ1v) is 7.20. The number of benzene rings is 1. The van der Waals surface area contributed by atoms with Gasteiger partial charge in [-0.1, -0.05) is 6.07 Å². The highest BCUT2D eigenvalue weighted by Gasteiger charge is 2.41. The molecule has 0 spiro atoms. The Kier molecular flexibility index (Phi) is 4.73. The molecule has 5 heteroatoms. The van der Waals surface area contributed by atoms with Crippen LogP contribution in [0.3, 0.4) is 0 Å². The van der Waals surface area contributed by atoms with Crippen molar-refractivity contribution in [3.8, 4) is 11.5 Å². The van der Waals surface area contributed by atoms with E-state index in [1.54, 1.807) is 14.2 Å². The van der Waals surface area contributed by atoms with Gasteiger partial charge < -0.3 is 14.6 Å². The molecule has 0 saturated carbocycles. The number of hydrogen-bond donors (Lipinski definition) is 1. The van der Waals surface area contributed by atoms with Crippen molar-refractivity contribution >= 4 is 5.97 Å². The zero-order valence-electron chi connectivity index (χ0n) is 12.9. The van der Waals surface area contributed by atoms with Crippen molar-refractivity contribution in [3.05, 3.63) is 23.8 Å². The molecule has 1 unspecified atom stereocenters. The molecule has 116 valence electrons. The maximum Gasteiger partial charge on any atom is 0.323 e. The second kappa shape index (κ2) is 6.35. The Bertz CT molecular complexity index is 517. The lowest BCUT2D eigenvalue weighted by atomic mass is 9.88. The van der Waals surface area contributed by atoms with E-state index in [1.807, 2.05) is 30.0 Å². The molecule has 21 heavy (non-hydrogen) atoms. The van der Waals surface area contributed by atoms with E-state index in [9.17, 15) is 9.90 Å². The van der Waals surface area contributed by atoms with Gasteiger partial charge in [0.25, 0.3) is 0 Å². The number of ether oxygens (including phenoxy) is 2. The van der Waals surface area contributed by atoms with E-state index in [0.717, 1.165) is 24.9 Å². The second-order valence-corrected chi connectivity index (χ2v) is 5.65. The molecule has 1 aromatic carbocycles. The molecule has 1 saturated heterocycles. The molecule has 0 bridgehead atoms. The van der Waals surface area contributed by atoms with Crippen LogP contribution in [0.25, 0.3) is 0 Å². The fraction of sp³-hybridized carbons (Fsp3) is 0.562.